The second kappa shape index (κ2) is 10.4. The fourth-order valence-electron chi connectivity index (χ4n) is 4.73. The Hall–Kier alpha value is -3.85. The quantitative estimate of drug-likeness (QED) is 0.313. The van der Waals surface area contributed by atoms with E-state index in [-0.39, 0.29) is 5.91 Å². The van der Waals surface area contributed by atoms with E-state index in [4.69, 9.17) is 4.74 Å². The van der Waals surface area contributed by atoms with Crippen molar-refractivity contribution < 1.29 is 9.53 Å². The topological polar surface area (TPSA) is 38.3 Å². The number of ether oxygens (including phenoxy) is 1. The Labute approximate surface area is 201 Å². The monoisotopic (exact) mass is 447 g/mol. The first kappa shape index (κ1) is 22.0. The van der Waals surface area contributed by atoms with E-state index in [0.29, 0.717) is 18.1 Å². The molecular formula is C31H29NO2. The lowest BCUT2D eigenvalue weighted by Crippen LogP contribution is -2.11. The molecule has 1 saturated carbocycles. The highest BCUT2D eigenvalue weighted by molar-refractivity contribution is 6.04. The lowest BCUT2D eigenvalue weighted by molar-refractivity contribution is 0.102. The fourth-order valence-corrected chi connectivity index (χ4v) is 4.73. The maximum absolute atomic E-state index is 12.7. The molecule has 1 aliphatic rings. The zero-order valence-corrected chi connectivity index (χ0v) is 19.2. The van der Waals surface area contributed by atoms with Crippen LogP contribution in [-0.2, 0) is 6.61 Å². The van der Waals surface area contributed by atoms with Crippen LogP contribution in [0.15, 0.2) is 103 Å². The van der Waals surface area contributed by atoms with Gasteiger partial charge in [0, 0.05) is 11.3 Å². The Morgan fingerprint density at radius 2 is 1.44 bits per heavy atom. The molecule has 0 heterocycles. The Kier molecular flexibility index (Phi) is 6.71. The van der Waals surface area contributed by atoms with E-state index in [9.17, 15) is 4.79 Å². The molecule has 3 nitrogen and oxygen atoms in total. The Balaban J connectivity index is 1.22. The van der Waals surface area contributed by atoms with E-state index in [1.807, 2.05) is 54.6 Å². The third-order valence-corrected chi connectivity index (χ3v) is 6.57. The van der Waals surface area contributed by atoms with E-state index in [1.54, 1.807) is 12.1 Å². The van der Waals surface area contributed by atoms with Gasteiger partial charge in [-0.1, -0.05) is 79.6 Å². The second-order valence-corrected chi connectivity index (χ2v) is 8.90. The number of amides is 1. The van der Waals surface area contributed by atoms with Gasteiger partial charge >= 0.3 is 0 Å². The van der Waals surface area contributed by atoms with Crippen molar-refractivity contribution in [3.05, 3.63) is 120 Å². The van der Waals surface area contributed by atoms with Crippen LogP contribution in [0.1, 0.15) is 53.1 Å². The number of nitrogens with one attached hydrogen (secondary N) is 1. The van der Waals surface area contributed by atoms with Gasteiger partial charge in [-0.05, 0) is 77.4 Å². The standard InChI is InChI=1S/C31H29NO2/c33-31(26-16-20-28(21-17-26)34-22-23-8-2-1-3-9-23)32-27-18-14-25(15-19-27)30-13-7-6-12-29(30)24-10-4-5-11-24/h1-3,6-9,12-21,24H,4-5,10-11,22H2,(H,32,33). The van der Waals surface area contributed by atoms with Gasteiger partial charge in [-0.2, -0.15) is 0 Å². The van der Waals surface area contributed by atoms with Crippen molar-refractivity contribution in [2.75, 3.05) is 5.32 Å². The maximum Gasteiger partial charge on any atom is 0.255 e. The molecule has 170 valence electrons. The van der Waals surface area contributed by atoms with Crippen LogP contribution in [-0.4, -0.2) is 5.91 Å². The lowest BCUT2D eigenvalue weighted by atomic mass is 9.89. The molecule has 0 atom stereocenters. The summed E-state index contributed by atoms with van der Waals surface area (Å²) < 4.78 is 5.81. The number of rotatable bonds is 7. The summed E-state index contributed by atoms with van der Waals surface area (Å²) in [4.78, 5) is 12.7. The van der Waals surface area contributed by atoms with Crippen LogP contribution >= 0.6 is 0 Å². The first-order chi connectivity index (χ1) is 16.8. The highest BCUT2D eigenvalue weighted by Gasteiger charge is 2.20. The first-order valence-corrected chi connectivity index (χ1v) is 12.0. The Morgan fingerprint density at radius 1 is 0.765 bits per heavy atom. The highest BCUT2D eigenvalue weighted by atomic mass is 16.5. The molecule has 1 fully saturated rings. The van der Waals surface area contributed by atoms with Crippen molar-refractivity contribution in [1.29, 1.82) is 0 Å². The number of anilines is 1. The average Bonchev–Trinajstić information content (AvgIpc) is 3.44. The molecule has 0 aromatic heterocycles. The van der Waals surface area contributed by atoms with E-state index in [0.717, 1.165) is 17.0 Å². The van der Waals surface area contributed by atoms with Crippen molar-refractivity contribution in [2.24, 2.45) is 0 Å². The fraction of sp³-hybridized carbons (Fsp3) is 0.194. The predicted octanol–water partition coefficient (Wildman–Crippen LogP) is 7.84. The number of benzene rings is 4. The minimum absolute atomic E-state index is 0.131. The summed E-state index contributed by atoms with van der Waals surface area (Å²) in [5.41, 5.74) is 6.45. The van der Waals surface area contributed by atoms with E-state index in [1.165, 1.54) is 42.4 Å². The van der Waals surface area contributed by atoms with Crippen molar-refractivity contribution in [3.8, 4) is 16.9 Å². The van der Waals surface area contributed by atoms with Gasteiger partial charge in [0.15, 0.2) is 0 Å². The summed E-state index contributed by atoms with van der Waals surface area (Å²) in [5.74, 6) is 1.27. The summed E-state index contributed by atoms with van der Waals surface area (Å²) >= 11 is 0. The number of hydrogen-bond donors (Lipinski definition) is 1. The van der Waals surface area contributed by atoms with Gasteiger partial charge in [-0.3, -0.25) is 4.79 Å². The largest absolute Gasteiger partial charge is 0.489 e. The summed E-state index contributed by atoms with van der Waals surface area (Å²) in [7, 11) is 0. The third-order valence-electron chi connectivity index (χ3n) is 6.57. The van der Waals surface area contributed by atoms with Crippen molar-refractivity contribution >= 4 is 11.6 Å². The van der Waals surface area contributed by atoms with Gasteiger partial charge in [-0.15, -0.1) is 0 Å². The maximum atomic E-state index is 12.7. The molecule has 0 spiro atoms. The Bertz CT molecular complexity index is 1220. The molecule has 5 rings (SSSR count). The smallest absolute Gasteiger partial charge is 0.255 e. The molecule has 4 aromatic carbocycles. The number of carbonyl (C=O) groups excluding carboxylic acids is 1. The van der Waals surface area contributed by atoms with Gasteiger partial charge in [0.05, 0.1) is 0 Å². The lowest BCUT2D eigenvalue weighted by Gasteiger charge is -2.16. The van der Waals surface area contributed by atoms with Crippen LogP contribution in [0, 0.1) is 0 Å². The van der Waals surface area contributed by atoms with Gasteiger partial charge in [0.2, 0.25) is 0 Å². The molecule has 4 aromatic rings. The van der Waals surface area contributed by atoms with E-state index >= 15 is 0 Å². The van der Waals surface area contributed by atoms with Gasteiger partial charge in [0.25, 0.3) is 5.91 Å². The van der Waals surface area contributed by atoms with Gasteiger partial charge in [0.1, 0.15) is 12.4 Å². The molecule has 0 unspecified atom stereocenters. The van der Waals surface area contributed by atoms with Gasteiger partial charge < -0.3 is 10.1 Å². The second-order valence-electron chi connectivity index (χ2n) is 8.90. The van der Waals surface area contributed by atoms with Crippen LogP contribution in [0.3, 0.4) is 0 Å². The predicted molar refractivity (Wildman–Crippen MR) is 138 cm³/mol. The summed E-state index contributed by atoms with van der Waals surface area (Å²) in [6.07, 6.45) is 5.21. The number of carbonyl (C=O) groups is 1. The van der Waals surface area contributed by atoms with Crippen LogP contribution in [0.2, 0.25) is 0 Å². The zero-order chi connectivity index (χ0) is 23.2. The molecule has 0 saturated heterocycles. The molecule has 34 heavy (non-hydrogen) atoms. The zero-order valence-electron chi connectivity index (χ0n) is 19.2. The van der Waals surface area contributed by atoms with Crippen molar-refractivity contribution in [1.82, 2.24) is 0 Å². The molecular weight excluding hydrogens is 418 g/mol. The first-order valence-electron chi connectivity index (χ1n) is 12.0. The average molecular weight is 448 g/mol. The highest BCUT2D eigenvalue weighted by Crippen LogP contribution is 2.39. The summed E-state index contributed by atoms with van der Waals surface area (Å²) in [5, 5.41) is 3.00. The molecule has 0 radical (unpaired) electrons. The third kappa shape index (κ3) is 5.20. The van der Waals surface area contributed by atoms with E-state index in [2.05, 4.69) is 41.7 Å². The minimum Gasteiger partial charge on any atom is -0.489 e. The Morgan fingerprint density at radius 3 is 2.18 bits per heavy atom. The van der Waals surface area contributed by atoms with Crippen LogP contribution in [0.4, 0.5) is 5.69 Å². The minimum atomic E-state index is -0.131. The summed E-state index contributed by atoms with van der Waals surface area (Å²) in [6.45, 7) is 0.503. The molecule has 1 amide bonds. The van der Waals surface area contributed by atoms with Gasteiger partial charge in [-0.25, -0.2) is 0 Å². The number of hydrogen-bond acceptors (Lipinski definition) is 2. The van der Waals surface area contributed by atoms with Crippen molar-refractivity contribution in [2.45, 2.75) is 38.2 Å². The summed E-state index contributed by atoms with van der Waals surface area (Å²) in [6, 6.07) is 34.2. The van der Waals surface area contributed by atoms with Crippen LogP contribution in [0.25, 0.3) is 11.1 Å². The molecule has 1 N–H and O–H groups in total. The molecule has 3 heteroatoms. The van der Waals surface area contributed by atoms with E-state index < -0.39 is 0 Å². The molecule has 0 bridgehead atoms. The SMILES string of the molecule is O=C(Nc1ccc(-c2ccccc2C2CCCC2)cc1)c1ccc(OCc2ccccc2)cc1. The van der Waals surface area contributed by atoms with Crippen LogP contribution < -0.4 is 10.1 Å². The molecule has 0 aliphatic heterocycles. The molecule has 1 aliphatic carbocycles. The van der Waals surface area contributed by atoms with Crippen molar-refractivity contribution in [3.63, 3.8) is 0 Å². The normalized spacial score (nSPS) is 13.5. The van der Waals surface area contributed by atoms with Crippen LogP contribution in [0.5, 0.6) is 5.75 Å².